The lowest BCUT2D eigenvalue weighted by Crippen LogP contribution is -2.16. The lowest BCUT2D eigenvalue weighted by molar-refractivity contribution is -0.116. The molecule has 1 amide bonds. The van der Waals surface area contributed by atoms with E-state index in [9.17, 15) is 4.79 Å². The second-order valence-corrected chi connectivity index (χ2v) is 8.01. The van der Waals surface area contributed by atoms with Gasteiger partial charge in [0.05, 0.1) is 23.7 Å². The van der Waals surface area contributed by atoms with Crippen molar-refractivity contribution >= 4 is 51.4 Å². The van der Waals surface area contributed by atoms with Gasteiger partial charge in [0, 0.05) is 16.0 Å². The number of carbonyl (C=O) groups excluding carboxylic acids is 1. The summed E-state index contributed by atoms with van der Waals surface area (Å²) in [6.45, 7) is 2.27. The lowest BCUT2D eigenvalue weighted by Gasteiger charge is -2.06. The summed E-state index contributed by atoms with van der Waals surface area (Å²) in [4.78, 5) is 17.2. The first-order valence-corrected chi connectivity index (χ1v) is 10.4. The van der Waals surface area contributed by atoms with Crippen molar-refractivity contribution < 1.29 is 9.53 Å². The number of aromatic nitrogens is 3. The highest BCUT2D eigenvalue weighted by molar-refractivity contribution is 7.15. The third-order valence-electron chi connectivity index (χ3n) is 4.16. The van der Waals surface area contributed by atoms with E-state index in [0.717, 1.165) is 22.6 Å². The van der Waals surface area contributed by atoms with E-state index in [0.29, 0.717) is 15.0 Å². The van der Waals surface area contributed by atoms with Crippen molar-refractivity contribution in [3.05, 3.63) is 63.5 Å². The van der Waals surface area contributed by atoms with Gasteiger partial charge in [0.15, 0.2) is 0 Å². The number of hydrogen-bond donors (Lipinski definition) is 1. The smallest absolute Gasteiger partial charge is 0.250 e. The molecule has 2 aromatic heterocycles. The Labute approximate surface area is 181 Å². The van der Waals surface area contributed by atoms with Crippen LogP contribution in [0.4, 0.5) is 5.95 Å². The van der Waals surface area contributed by atoms with Gasteiger partial charge in [-0.1, -0.05) is 40.9 Å². The van der Waals surface area contributed by atoms with E-state index in [1.807, 2.05) is 36.6 Å². The van der Waals surface area contributed by atoms with Crippen molar-refractivity contribution in [1.82, 2.24) is 14.6 Å². The fourth-order valence-electron chi connectivity index (χ4n) is 2.70. The summed E-state index contributed by atoms with van der Waals surface area (Å²) in [5.74, 6) is 0.737. The molecule has 1 N–H and O–H groups in total. The average Bonchev–Trinajstić information content (AvgIpc) is 3.25. The molecular weight excluding hydrogens is 431 g/mol. The summed E-state index contributed by atoms with van der Waals surface area (Å²) < 4.78 is 7.22. The summed E-state index contributed by atoms with van der Waals surface area (Å²) in [5.41, 5.74) is 2.66. The number of rotatable bonds is 6. The van der Waals surface area contributed by atoms with E-state index in [-0.39, 0.29) is 24.9 Å². The summed E-state index contributed by atoms with van der Waals surface area (Å²) in [6.07, 6.45) is 0.188. The van der Waals surface area contributed by atoms with Crippen molar-refractivity contribution in [2.45, 2.75) is 13.3 Å². The minimum absolute atomic E-state index is 0.188. The van der Waals surface area contributed by atoms with Gasteiger partial charge in [-0.05, 0) is 37.3 Å². The van der Waals surface area contributed by atoms with Crippen LogP contribution in [0.25, 0.3) is 16.2 Å². The molecule has 4 rings (SSSR count). The molecule has 0 aliphatic heterocycles. The Morgan fingerprint density at radius 2 is 2.00 bits per heavy atom. The molecule has 0 saturated heterocycles. The molecule has 0 saturated carbocycles. The average molecular weight is 447 g/mol. The zero-order valence-electron chi connectivity index (χ0n) is 15.4. The molecule has 0 atom stereocenters. The zero-order valence-corrected chi connectivity index (χ0v) is 17.7. The zero-order chi connectivity index (χ0) is 20.4. The van der Waals surface area contributed by atoms with Crippen molar-refractivity contribution in [1.29, 1.82) is 0 Å². The Balaban J connectivity index is 1.42. The van der Waals surface area contributed by atoms with Gasteiger partial charge < -0.3 is 4.74 Å². The molecule has 148 valence electrons. The van der Waals surface area contributed by atoms with Gasteiger partial charge in [0.2, 0.25) is 16.8 Å². The number of carbonyl (C=O) groups is 1. The SMILES string of the molecule is Cc1ccc(OCCC(=O)Nc2nc3scc(-c4cc(Cl)ccc4Cl)n3n2)cc1. The van der Waals surface area contributed by atoms with Crippen LogP contribution in [0.2, 0.25) is 10.0 Å². The van der Waals surface area contributed by atoms with Crippen LogP contribution in [0.5, 0.6) is 5.75 Å². The fourth-order valence-corrected chi connectivity index (χ4v) is 3.91. The Bertz CT molecular complexity index is 1170. The van der Waals surface area contributed by atoms with Gasteiger partial charge in [-0.3, -0.25) is 10.1 Å². The number of benzene rings is 2. The first kappa shape index (κ1) is 19.7. The molecule has 0 aliphatic rings. The first-order chi connectivity index (χ1) is 14.0. The highest BCUT2D eigenvalue weighted by atomic mass is 35.5. The Morgan fingerprint density at radius 1 is 1.21 bits per heavy atom. The Morgan fingerprint density at radius 3 is 2.79 bits per heavy atom. The van der Waals surface area contributed by atoms with E-state index in [1.54, 1.807) is 22.7 Å². The van der Waals surface area contributed by atoms with Crippen LogP contribution in [0, 0.1) is 6.92 Å². The topological polar surface area (TPSA) is 68.5 Å². The van der Waals surface area contributed by atoms with Crippen LogP contribution in [-0.4, -0.2) is 27.1 Å². The van der Waals surface area contributed by atoms with Gasteiger partial charge in [0.25, 0.3) is 0 Å². The largest absolute Gasteiger partial charge is 0.493 e. The highest BCUT2D eigenvalue weighted by Crippen LogP contribution is 2.33. The van der Waals surface area contributed by atoms with Gasteiger partial charge in [-0.2, -0.15) is 4.98 Å². The third kappa shape index (κ3) is 4.53. The number of thiazole rings is 1. The Kier molecular flexibility index (Phi) is 5.71. The molecule has 0 unspecified atom stereocenters. The second kappa shape index (κ2) is 8.41. The van der Waals surface area contributed by atoms with Crippen molar-refractivity contribution in [2.24, 2.45) is 0 Å². The number of aryl methyl sites for hydroxylation is 1. The lowest BCUT2D eigenvalue weighted by atomic mass is 10.2. The van der Waals surface area contributed by atoms with E-state index in [2.05, 4.69) is 15.4 Å². The van der Waals surface area contributed by atoms with E-state index < -0.39 is 0 Å². The maximum absolute atomic E-state index is 12.2. The van der Waals surface area contributed by atoms with E-state index in [4.69, 9.17) is 27.9 Å². The van der Waals surface area contributed by atoms with Crippen LogP contribution in [0.3, 0.4) is 0 Å². The van der Waals surface area contributed by atoms with Gasteiger partial charge in [0.1, 0.15) is 5.75 Å². The molecule has 9 heteroatoms. The third-order valence-corrected chi connectivity index (χ3v) is 5.54. The predicted octanol–water partition coefficient (Wildman–Crippen LogP) is 5.48. The number of hydrogen-bond acceptors (Lipinski definition) is 5. The quantitative estimate of drug-likeness (QED) is 0.425. The van der Waals surface area contributed by atoms with Crippen LogP contribution >= 0.6 is 34.5 Å². The molecule has 2 heterocycles. The van der Waals surface area contributed by atoms with Gasteiger partial charge in [-0.15, -0.1) is 16.4 Å². The highest BCUT2D eigenvalue weighted by Gasteiger charge is 2.15. The van der Waals surface area contributed by atoms with Crippen molar-refractivity contribution in [2.75, 3.05) is 11.9 Å². The van der Waals surface area contributed by atoms with Gasteiger partial charge in [-0.25, -0.2) is 4.52 Å². The number of amides is 1. The van der Waals surface area contributed by atoms with Crippen LogP contribution < -0.4 is 10.1 Å². The summed E-state index contributed by atoms with van der Waals surface area (Å²) in [7, 11) is 0. The van der Waals surface area contributed by atoms with Crippen LogP contribution in [0.15, 0.2) is 47.8 Å². The van der Waals surface area contributed by atoms with E-state index >= 15 is 0 Å². The van der Waals surface area contributed by atoms with Gasteiger partial charge >= 0.3 is 0 Å². The summed E-state index contributed by atoms with van der Waals surface area (Å²) >= 11 is 13.8. The molecule has 6 nitrogen and oxygen atoms in total. The summed E-state index contributed by atoms with van der Waals surface area (Å²) in [6, 6.07) is 12.9. The molecule has 29 heavy (non-hydrogen) atoms. The number of nitrogens with one attached hydrogen (secondary N) is 1. The number of ether oxygens (including phenoxy) is 1. The normalized spacial score (nSPS) is 11.0. The predicted molar refractivity (Wildman–Crippen MR) is 116 cm³/mol. The molecule has 0 spiro atoms. The molecular formula is C20H16Cl2N4O2S. The van der Waals surface area contributed by atoms with Crippen LogP contribution in [0.1, 0.15) is 12.0 Å². The Hall–Kier alpha value is -2.61. The van der Waals surface area contributed by atoms with Crippen LogP contribution in [-0.2, 0) is 4.79 Å². The number of anilines is 1. The number of fused-ring (bicyclic) bond motifs is 1. The minimum atomic E-state index is -0.224. The number of nitrogens with zero attached hydrogens (tertiary/aromatic N) is 3. The minimum Gasteiger partial charge on any atom is -0.493 e. The molecule has 2 aromatic carbocycles. The first-order valence-electron chi connectivity index (χ1n) is 8.78. The fraction of sp³-hybridized carbons (Fsp3) is 0.150. The van der Waals surface area contributed by atoms with E-state index in [1.165, 1.54) is 11.3 Å². The maximum atomic E-state index is 12.2. The maximum Gasteiger partial charge on any atom is 0.250 e. The van der Waals surface area contributed by atoms with Crippen molar-refractivity contribution in [3.8, 4) is 17.0 Å². The monoisotopic (exact) mass is 446 g/mol. The number of halogens is 2. The standard InChI is InChI=1S/C20H16Cl2N4O2S/c1-12-2-5-14(6-3-12)28-9-8-18(27)23-19-24-20-26(25-19)17(11-29-20)15-10-13(21)4-7-16(15)22/h2-7,10-11H,8-9H2,1H3,(H,23,25,27). The molecule has 0 bridgehead atoms. The summed E-state index contributed by atoms with van der Waals surface area (Å²) in [5, 5.41) is 10.1. The second-order valence-electron chi connectivity index (χ2n) is 6.33. The molecule has 0 fully saturated rings. The molecule has 4 aromatic rings. The molecule has 0 radical (unpaired) electrons. The van der Waals surface area contributed by atoms with Crippen molar-refractivity contribution in [3.63, 3.8) is 0 Å². The molecule has 0 aliphatic carbocycles.